The van der Waals surface area contributed by atoms with Gasteiger partial charge in [0.1, 0.15) is 0 Å². The van der Waals surface area contributed by atoms with Crippen LogP contribution in [0, 0.1) is 17.8 Å². The molecule has 0 aromatic heterocycles. The Morgan fingerprint density at radius 1 is 1.18 bits per heavy atom. The molecule has 100 valence electrons. The Labute approximate surface area is 106 Å². The van der Waals surface area contributed by atoms with Crippen LogP contribution in [0.15, 0.2) is 11.6 Å². The van der Waals surface area contributed by atoms with Crippen LogP contribution < -0.4 is 0 Å². The predicted octanol–water partition coefficient (Wildman–Crippen LogP) is 4.51. The van der Waals surface area contributed by atoms with Gasteiger partial charge in [-0.1, -0.05) is 46.6 Å². The van der Waals surface area contributed by atoms with Gasteiger partial charge in [0.05, 0.1) is 0 Å². The number of carboxylic acids is 1. The predicted molar refractivity (Wildman–Crippen MR) is 73.0 cm³/mol. The van der Waals surface area contributed by atoms with Crippen LogP contribution in [0.4, 0.5) is 0 Å². The van der Waals surface area contributed by atoms with Crippen molar-refractivity contribution in [3.8, 4) is 0 Å². The second-order valence-electron chi connectivity index (χ2n) is 5.80. The van der Waals surface area contributed by atoms with E-state index in [4.69, 9.17) is 5.11 Å². The molecule has 2 nitrogen and oxygen atoms in total. The Kier molecular flexibility index (Phi) is 7.94. The van der Waals surface area contributed by atoms with E-state index in [0.29, 0.717) is 11.5 Å². The van der Waals surface area contributed by atoms with Gasteiger partial charge in [-0.15, -0.1) is 0 Å². The molecule has 17 heavy (non-hydrogen) atoms. The lowest BCUT2D eigenvalue weighted by molar-refractivity contribution is -0.132. The van der Waals surface area contributed by atoms with Crippen molar-refractivity contribution in [1.82, 2.24) is 0 Å². The molecule has 1 N–H and O–H groups in total. The topological polar surface area (TPSA) is 37.3 Å². The van der Waals surface area contributed by atoms with Crippen molar-refractivity contribution < 1.29 is 9.90 Å². The highest BCUT2D eigenvalue weighted by Crippen LogP contribution is 2.20. The van der Waals surface area contributed by atoms with Gasteiger partial charge < -0.3 is 5.11 Å². The van der Waals surface area contributed by atoms with E-state index in [1.165, 1.54) is 19.3 Å². The second kappa shape index (κ2) is 8.32. The van der Waals surface area contributed by atoms with E-state index in [1.54, 1.807) is 6.92 Å². The first-order chi connectivity index (χ1) is 7.82. The third-order valence-corrected chi connectivity index (χ3v) is 3.10. The maximum atomic E-state index is 10.7. The maximum Gasteiger partial charge on any atom is 0.330 e. The molecule has 0 saturated heterocycles. The summed E-state index contributed by atoms with van der Waals surface area (Å²) in [6.07, 6.45) is 6.70. The number of hydrogen-bond acceptors (Lipinski definition) is 1. The van der Waals surface area contributed by atoms with Crippen molar-refractivity contribution in [1.29, 1.82) is 0 Å². The lowest BCUT2D eigenvalue weighted by Crippen LogP contribution is -2.02. The highest BCUT2D eigenvalue weighted by molar-refractivity contribution is 5.85. The average Bonchev–Trinajstić information content (AvgIpc) is 2.15. The van der Waals surface area contributed by atoms with Crippen molar-refractivity contribution in [3.05, 3.63) is 11.6 Å². The quantitative estimate of drug-likeness (QED) is 0.634. The summed E-state index contributed by atoms with van der Waals surface area (Å²) >= 11 is 0. The number of allylic oxidation sites excluding steroid dienone is 1. The number of rotatable bonds is 8. The monoisotopic (exact) mass is 240 g/mol. The largest absolute Gasteiger partial charge is 0.478 e. The van der Waals surface area contributed by atoms with Crippen molar-refractivity contribution in [2.75, 3.05) is 0 Å². The van der Waals surface area contributed by atoms with Crippen LogP contribution in [0.25, 0.3) is 0 Å². The molecule has 2 atom stereocenters. The summed E-state index contributed by atoms with van der Waals surface area (Å²) < 4.78 is 0. The third-order valence-electron chi connectivity index (χ3n) is 3.10. The van der Waals surface area contributed by atoms with E-state index in [0.717, 1.165) is 18.3 Å². The molecule has 0 saturated carbocycles. The van der Waals surface area contributed by atoms with Crippen LogP contribution in [0.3, 0.4) is 0 Å². The smallest absolute Gasteiger partial charge is 0.330 e. The molecule has 0 aromatic rings. The van der Waals surface area contributed by atoms with E-state index in [2.05, 4.69) is 27.7 Å². The molecule has 0 rings (SSSR count). The summed E-state index contributed by atoms with van der Waals surface area (Å²) in [6.45, 7) is 10.6. The van der Waals surface area contributed by atoms with Gasteiger partial charge in [0.25, 0.3) is 0 Å². The zero-order valence-corrected chi connectivity index (χ0v) is 12.0. The summed E-state index contributed by atoms with van der Waals surface area (Å²) in [5.74, 6) is 1.13. The fourth-order valence-electron chi connectivity index (χ4n) is 2.29. The zero-order valence-electron chi connectivity index (χ0n) is 12.0. The minimum atomic E-state index is -0.801. The fourth-order valence-corrected chi connectivity index (χ4v) is 2.29. The molecule has 0 aliphatic heterocycles. The number of carboxylic acid groups (broad SMARTS) is 1. The molecule has 0 bridgehead atoms. The van der Waals surface area contributed by atoms with Crippen LogP contribution in [-0.4, -0.2) is 11.1 Å². The number of aliphatic carboxylic acids is 1. The Bertz CT molecular complexity index is 254. The standard InChI is InChI=1S/C15H28O2/c1-11(2)9-12(3)7-6-8-13(4)10-14(5)15(16)17/h10-13H,6-9H2,1-5H3,(H,16,17). The van der Waals surface area contributed by atoms with Crippen LogP contribution in [0.5, 0.6) is 0 Å². The van der Waals surface area contributed by atoms with Crippen molar-refractivity contribution in [2.24, 2.45) is 17.8 Å². The molecule has 0 aliphatic carbocycles. The molecular formula is C15H28O2. The zero-order chi connectivity index (χ0) is 13.4. The van der Waals surface area contributed by atoms with Crippen LogP contribution in [0.2, 0.25) is 0 Å². The normalized spacial score (nSPS) is 16.0. The molecule has 0 radical (unpaired) electrons. The highest BCUT2D eigenvalue weighted by Gasteiger charge is 2.07. The SMILES string of the molecule is CC(=CC(C)CCCC(C)CC(C)C)C(=O)O. The number of carbonyl (C=O) groups is 1. The van der Waals surface area contributed by atoms with Gasteiger partial charge in [-0.05, 0) is 37.5 Å². The van der Waals surface area contributed by atoms with Crippen LogP contribution >= 0.6 is 0 Å². The van der Waals surface area contributed by atoms with E-state index in [9.17, 15) is 4.79 Å². The lowest BCUT2D eigenvalue weighted by atomic mass is 9.92. The average molecular weight is 240 g/mol. The van der Waals surface area contributed by atoms with Crippen LogP contribution in [0.1, 0.15) is 60.3 Å². The van der Waals surface area contributed by atoms with E-state index in [1.807, 2.05) is 6.08 Å². The van der Waals surface area contributed by atoms with Gasteiger partial charge in [0.2, 0.25) is 0 Å². The summed E-state index contributed by atoms with van der Waals surface area (Å²) in [6, 6.07) is 0. The molecule has 0 amide bonds. The molecule has 2 unspecified atom stereocenters. The molecule has 0 spiro atoms. The van der Waals surface area contributed by atoms with E-state index in [-0.39, 0.29) is 0 Å². The minimum absolute atomic E-state index is 0.373. The molecule has 0 aliphatic rings. The van der Waals surface area contributed by atoms with Crippen molar-refractivity contribution in [2.45, 2.75) is 60.3 Å². The Morgan fingerprint density at radius 2 is 1.76 bits per heavy atom. The molecule has 0 fully saturated rings. The fraction of sp³-hybridized carbons (Fsp3) is 0.800. The third kappa shape index (κ3) is 8.96. The molecule has 2 heteroatoms. The molecule has 0 heterocycles. The second-order valence-corrected chi connectivity index (χ2v) is 5.80. The van der Waals surface area contributed by atoms with Gasteiger partial charge in [-0.2, -0.15) is 0 Å². The summed E-state index contributed by atoms with van der Waals surface area (Å²) in [5.41, 5.74) is 0.465. The van der Waals surface area contributed by atoms with E-state index < -0.39 is 5.97 Å². The minimum Gasteiger partial charge on any atom is -0.478 e. The maximum absolute atomic E-state index is 10.7. The highest BCUT2D eigenvalue weighted by atomic mass is 16.4. The van der Waals surface area contributed by atoms with Gasteiger partial charge in [-0.25, -0.2) is 4.79 Å². The van der Waals surface area contributed by atoms with Gasteiger partial charge >= 0.3 is 5.97 Å². The number of hydrogen-bond donors (Lipinski definition) is 1. The summed E-state index contributed by atoms with van der Waals surface area (Å²) in [5, 5.41) is 8.78. The van der Waals surface area contributed by atoms with Gasteiger partial charge in [0, 0.05) is 5.57 Å². The Hall–Kier alpha value is -0.790. The van der Waals surface area contributed by atoms with Crippen LogP contribution in [-0.2, 0) is 4.79 Å². The molecule has 0 aromatic carbocycles. The van der Waals surface area contributed by atoms with Gasteiger partial charge in [-0.3, -0.25) is 0 Å². The van der Waals surface area contributed by atoms with Gasteiger partial charge in [0.15, 0.2) is 0 Å². The summed E-state index contributed by atoms with van der Waals surface area (Å²) in [7, 11) is 0. The molecular weight excluding hydrogens is 212 g/mol. The Balaban J connectivity index is 3.82. The van der Waals surface area contributed by atoms with Crippen molar-refractivity contribution >= 4 is 5.97 Å². The first-order valence-corrected chi connectivity index (χ1v) is 6.74. The van der Waals surface area contributed by atoms with Crippen molar-refractivity contribution in [3.63, 3.8) is 0 Å². The first-order valence-electron chi connectivity index (χ1n) is 6.74. The summed E-state index contributed by atoms with van der Waals surface area (Å²) in [4.78, 5) is 10.7. The Morgan fingerprint density at radius 3 is 2.24 bits per heavy atom. The van der Waals surface area contributed by atoms with E-state index >= 15 is 0 Å². The first kappa shape index (κ1) is 16.2. The lowest BCUT2D eigenvalue weighted by Gasteiger charge is -2.14.